The number of nitrogens with zero attached hydrogens (tertiary/aromatic N) is 1. The summed E-state index contributed by atoms with van der Waals surface area (Å²) in [5, 5.41) is 2.97. The minimum Gasteiger partial charge on any atom is -0.456 e. The number of fused-ring (bicyclic) bond motifs is 1. The molecule has 3 atom stereocenters. The summed E-state index contributed by atoms with van der Waals surface area (Å²) in [6.45, 7) is 4.20. The first-order chi connectivity index (χ1) is 13.0. The Labute approximate surface area is 157 Å². The van der Waals surface area contributed by atoms with E-state index in [2.05, 4.69) is 19.2 Å². The lowest BCUT2D eigenvalue weighted by molar-refractivity contribution is -0.149. The number of aryl methyl sites for hydroxylation is 1. The lowest BCUT2D eigenvalue weighted by Gasteiger charge is -2.34. The molecule has 0 spiro atoms. The summed E-state index contributed by atoms with van der Waals surface area (Å²) in [6, 6.07) is 7.16. The summed E-state index contributed by atoms with van der Waals surface area (Å²) >= 11 is 0. The standard InChI is InChI=1S/C20H26N2O5/c1-13-6-5-7-15(14(13)2)21-18(23)12-26-19(24)10-11-22-16-8-3-4-9-17(16)27-20(22)25/h3-4,8-9,13-15H,5-7,10-12H2,1-2H3,(H,21,23)/t13-,14+,15-/m1/s1. The van der Waals surface area contributed by atoms with Crippen LogP contribution in [0.3, 0.4) is 0 Å². The van der Waals surface area contributed by atoms with Crippen LogP contribution < -0.4 is 11.1 Å². The topological polar surface area (TPSA) is 90.5 Å². The number of esters is 1. The van der Waals surface area contributed by atoms with Crippen LogP contribution in [0.15, 0.2) is 33.5 Å². The van der Waals surface area contributed by atoms with Gasteiger partial charge in [-0.05, 0) is 30.4 Å². The summed E-state index contributed by atoms with van der Waals surface area (Å²) < 4.78 is 11.6. The highest BCUT2D eigenvalue weighted by atomic mass is 16.5. The Morgan fingerprint density at radius 1 is 1.26 bits per heavy atom. The van der Waals surface area contributed by atoms with Crippen LogP contribution in [0.25, 0.3) is 11.1 Å². The third-order valence-corrected chi connectivity index (χ3v) is 5.53. The largest absolute Gasteiger partial charge is 0.456 e. The predicted molar refractivity (Wildman–Crippen MR) is 100 cm³/mol. The number of hydrogen-bond donors (Lipinski definition) is 1. The number of para-hydroxylation sites is 2. The van der Waals surface area contributed by atoms with Crippen molar-refractivity contribution in [2.75, 3.05) is 6.61 Å². The fraction of sp³-hybridized carbons (Fsp3) is 0.550. The number of hydrogen-bond acceptors (Lipinski definition) is 5. The normalized spacial score (nSPS) is 22.5. The molecule has 2 aromatic rings. The highest BCUT2D eigenvalue weighted by Crippen LogP contribution is 2.29. The van der Waals surface area contributed by atoms with E-state index in [0.29, 0.717) is 22.9 Å². The second-order valence-electron chi connectivity index (χ2n) is 7.34. The van der Waals surface area contributed by atoms with Crippen molar-refractivity contribution < 1.29 is 18.7 Å². The van der Waals surface area contributed by atoms with E-state index in [1.807, 2.05) is 0 Å². The molecular weight excluding hydrogens is 348 g/mol. The van der Waals surface area contributed by atoms with Gasteiger partial charge in [0, 0.05) is 12.6 Å². The van der Waals surface area contributed by atoms with Crippen molar-refractivity contribution in [3.8, 4) is 0 Å². The van der Waals surface area contributed by atoms with Gasteiger partial charge in [-0.15, -0.1) is 0 Å². The maximum atomic E-state index is 12.1. The van der Waals surface area contributed by atoms with Crippen molar-refractivity contribution in [1.29, 1.82) is 0 Å². The SMILES string of the molecule is C[C@H]1[C@H](C)CCC[C@H]1NC(=O)COC(=O)CCn1c(=O)oc2ccccc21. The fourth-order valence-electron chi connectivity index (χ4n) is 3.68. The van der Waals surface area contributed by atoms with Crippen LogP contribution in [-0.2, 0) is 20.9 Å². The predicted octanol–water partition coefficient (Wildman–Crippen LogP) is 2.47. The zero-order valence-corrected chi connectivity index (χ0v) is 15.8. The van der Waals surface area contributed by atoms with Gasteiger partial charge in [0.1, 0.15) is 0 Å². The molecule has 1 fully saturated rings. The number of aromatic nitrogens is 1. The van der Waals surface area contributed by atoms with Crippen molar-refractivity contribution in [2.24, 2.45) is 11.8 Å². The van der Waals surface area contributed by atoms with Crippen molar-refractivity contribution in [2.45, 2.75) is 52.1 Å². The van der Waals surface area contributed by atoms with Crippen molar-refractivity contribution in [3.05, 3.63) is 34.8 Å². The first kappa shape index (κ1) is 19.2. The van der Waals surface area contributed by atoms with Gasteiger partial charge in [-0.25, -0.2) is 4.79 Å². The van der Waals surface area contributed by atoms with E-state index in [0.717, 1.165) is 12.8 Å². The summed E-state index contributed by atoms with van der Waals surface area (Å²) in [5.74, 6) is -0.316. The molecule has 1 aromatic heterocycles. The van der Waals surface area contributed by atoms with Crippen LogP contribution in [-0.4, -0.2) is 29.1 Å². The number of amides is 1. The molecule has 3 rings (SSSR count). The Balaban J connectivity index is 1.46. The molecule has 1 amide bonds. The van der Waals surface area contributed by atoms with E-state index in [4.69, 9.17) is 9.15 Å². The van der Waals surface area contributed by atoms with Gasteiger partial charge < -0.3 is 14.5 Å². The third kappa shape index (κ3) is 4.59. The summed E-state index contributed by atoms with van der Waals surface area (Å²) in [5.41, 5.74) is 1.11. The van der Waals surface area contributed by atoms with E-state index in [1.54, 1.807) is 24.3 Å². The zero-order valence-electron chi connectivity index (χ0n) is 15.8. The van der Waals surface area contributed by atoms with Crippen LogP contribution in [0.5, 0.6) is 0 Å². The fourth-order valence-corrected chi connectivity index (χ4v) is 3.68. The van der Waals surface area contributed by atoms with Gasteiger partial charge >= 0.3 is 11.7 Å². The summed E-state index contributed by atoms with van der Waals surface area (Å²) in [4.78, 5) is 35.9. The van der Waals surface area contributed by atoms with Gasteiger partial charge in [-0.3, -0.25) is 14.2 Å². The highest BCUT2D eigenvalue weighted by Gasteiger charge is 2.28. The van der Waals surface area contributed by atoms with Gasteiger partial charge in [0.2, 0.25) is 0 Å². The van der Waals surface area contributed by atoms with Crippen molar-refractivity contribution in [3.63, 3.8) is 0 Å². The Bertz CT molecular complexity index is 869. The summed E-state index contributed by atoms with van der Waals surface area (Å²) in [6.07, 6.45) is 3.24. The number of rotatable bonds is 6. The minimum absolute atomic E-state index is 0.00637. The molecule has 0 bridgehead atoms. The van der Waals surface area contributed by atoms with E-state index < -0.39 is 11.7 Å². The van der Waals surface area contributed by atoms with Crippen LogP contribution in [0.1, 0.15) is 39.5 Å². The molecule has 1 heterocycles. The number of ether oxygens (including phenoxy) is 1. The molecule has 0 unspecified atom stereocenters. The smallest absolute Gasteiger partial charge is 0.419 e. The van der Waals surface area contributed by atoms with Crippen LogP contribution in [0.2, 0.25) is 0 Å². The molecule has 0 aliphatic heterocycles. The van der Waals surface area contributed by atoms with Gasteiger partial charge in [0.25, 0.3) is 5.91 Å². The quantitative estimate of drug-likeness (QED) is 0.785. The first-order valence-corrected chi connectivity index (χ1v) is 9.49. The third-order valence-electron chi connectivity index (χ3n) is 5.53. The Morgan fingerprint density at radius 2 is 2.04 bits per heavy atom. The average molecular weight is 374 g/mol. The molecule has 0 saturated heterocycles. The number of carbonyl (C=O) groups excluding carboxylic acids is 2. The maximum absolute atomic E-state index is 12.1. The van der Waals surface area contributed by atoms with Gasteiger partial charge in [-0.2, -0.15) is 0 Å². The van der Waals surface area contributed by atoms with Crippen LogP contribution in [0.4, 0.5) is 0 Å². The second-order valence-corrected chi connectivity index (χ2v) is 7.34. The molecule has 1 aliphatic rings. The molecule has 0 radical (unpaired) electrons. The monoisotopic (exact) mass is 374 g/mol. The molecule has 1 N–H and O–H groups in total. The molecule has 27 heavy (non-hydrogen) atoms. The number of carbonyl (C=O) groups is 2. The van der Waals surface area contributed by atoms with E-state index in [-0.39, 0.29) is 31.5 Å². The lowest BCUT2D eigenvalue weighted by atomic mass is 9.78. The number of benzene rings is 1. The van der Waals surface area contributed by atoms with E-state index in [9.17, 15) is 14.4 Å². The van der Waals surface area contributed by atoms with Gasteiger partial charge in [-0.1, -0.05) is 38.8 Å². The van der Waals surface area contributed by atoms with Crippen molar-refractivity contribution >= 4 is 23.0 Å². The highest BCUT2D eigenvalue weighted by molar-refractivity contribution is 5.80. The number of oxazole rings is 1. The molecule has 1 aliphatic carbocycles. The Hall–Kier alpha value is -2.57. The first-order valence-electron chi connectivity index (χ1n) is 9.49. The maximum Gasteiger partial charge on any atom is 0.419 e. The van der Waals surface area contributed by atoms with Crippen molar-refractivity contribution in [1.82, 2.24) is 9.88 Å². The number of nitrogens with one attached hydrogen (secondary N) is 1. The Morgan fingerprint density at radius 3 is 2.85 bits per heavy atom. The average Bonchev–Trinajstić information content (AvgIpc) is 2.97. The van der Waals surface area contributed by atoms with E-state index in [1.165, 1.54) is 11.0 Å². The lowest BCUT2D eigenvalue weighted by Crippen LogP contribution is -2.45. The minimum atomic E-state index is -0.521. The Kier molecular flexibility index (Phi) is 5.98. The molecular formula is C20H26N2O5. The zero-order chi connectivity index (χ0) is 19.4. The van der Waals surface area contributed by atoms with Crippen LogP contribution in [0, 0.1) is 11.8 Å². The second kappa shape index (κ2) is 8.41. The van der Waals surface area contributed by atoms with E-state index >= 15 is 0 Å². The molecule has 7 heteroatoms. The molecule has 146 valence electrons. The molecule has 1 aromatic carbocycles. The van der Waals surface area contributed by atoms with Gasteiger partial charge in [0.05, 0.1) is 11.9 Å². The molecule has 7 nitrogen and oxygen atoms in total. The summed E-state index contributed by atoms with van der Waals surface area (Å²) in [7, 11) is 0. The van der Waals surface area contributed by atoms with Gasteiger partial charge in [0.15, 0.2) is 12.2 Å². The molecule has 1 saturated carbocycles. The van der Waals surface area contributed by atoms with Crippen LogP contribution >= 0.6 is 0 Å².